The summed E-state index contributed by atoms with van der Waals surface area (Å²) in [6.45, 7) is 2.87. The molecular formula is C22H19ClN4O3. The number of nitrogens with zero attached hydrogens (tertiary/aromatic N) is 4. The molecule has 0 unspecified atom stereocenters. The molecule has 1 aliphatic heterocycles. The summed E-state index contributed by atoms with van der Waals surface area (Å²) in [7, 11) is 1.65. The molecule has 0 bridgehead atoms. The Kier molecular flexibility index (Phi) is 5.13. The van der Waals surface area contributed by atoms with E-state index >= 15 is 0 Å². The van der Waals surface area contributed by atoms with E-state index in [1.54, 1.807) is 66.5 Å². The van der Waals surface area contributed by atoms with Crippen molar-refractivity contribution in [3.8, 4) is 0 Å². The van der Waals surface area contributed by atoms with Crippen LogP contribution in [0, 0.1) is 0 Å². The summed E-state index contributed by atoms with van der Waals surface area (Å²) in [6, 6.07) is 13.2. The molecule has 152 valence electrons. The number of halogens is 1. The number of hydrogen-bond acceptors (Lipinski definition) is 4. The number of benzene rings is 2. The molecule has 4 rings (SSSR count). The van der Waals surface area contributed by atoms with Gasteiger partial charge in [-0.15, -0.1) is 0 Å². The summed E-state index contributed by atoms with van der Waals surface area (Å²) in [4.78, 5) is 41.0. The van der Waals surface area contributed by atoms with Crippen LogP contribution in [0.4, 0.5) is 5.69 Å². The molecule has 0 aliphatic carbocycles. The Morgan fingerprint density at radius 1 is 1.07 bits per heavy atom. The van der Waals surface area contributed by atoms with Crippen LogP contribution in [0.5, 0.6) is 0 Å². The third-order valence-corrected chi connectivity index (χ3v) is 5.31. The van der Waals surface area contributed by atoms with E-state index in [-0.39, 0.29) is 12.5 Å². The van der Waals surface area contributed by atoms with Crippen molar-refractivity contribution < 1.29 is 14.4 Å². The van der Waals surface area contributed by atoms with Crippen LogP contribution in [0.25, 0.3) is 0 Å². The largest absolute Gasteiger partial charge is 0.336 e. The van der Waals surface area contributed by atoms with Crippen LogP contribution < -0.4 is 4.90 Å². The van der Waals surface area contributed by atoms with E-state index < -0.39 is 11.8 Å². The molecule has 0 saturated carbocycles. The lowest BCUT2D eigenvalue weighted by atomic mass is 10.1. The Hall–Kier alpha value is -3.45. The van der Waals surface area contributed by atoms with Gasteiger partial charge in [-0.05, 0) is 37.3 Å². The molecule has 2 aromatic carbocycles. The van der Waals surface area contributed by atoms with Gasteiger partial charge in [0.25, 0.3) is 17.7 Å². The fourth-order valence-electron chi connectivity index (χ4n) is 3.42. The molecule has 3 aromatic rings. The van der Waals surface area contributed by atoms with Crippen molar-refractivity contribution in [1.82, 2.24) is 14.7 Å². The van der Waals surface area contributed by atoms with Gasteiger partial charge in [0.1, 0.15) is 5.69 Å². The summed E-state index contributed by atoms with van der Waals surface area (Å²) in [5, 5.41) is 4.86. The highest BCUT2D eigenvalue weighted by molar-refractivity contribution is 6.34. The normalized spacial score (nSPS) is 13.0. The molecule has 0 saturated heterocycles. The molecule has 0 atom stereocenters. The number of imide groups is 1. The molecular weight excluding hydrogens is 404 g/mol. The minimum absolute atomic E-state index is 0.238. The van der Waals surface area contributed by atoms with Crippen molar-refractivity contribution in [2.24, 2.45) is 0 Å². The van der Waals surface area contributed by atoms with Crippen molar-refractivity contribution in [3.05, 3.63) is 82.1 Å². The number of hydrogen-bond donors (Lipinski definition) is 0. The zero-order valence-corrected chi connectivity index (χ0v) is 17.3. The Balaban J connectivity index is 1.57. The summed E-state index contributed by atoms with van der Waals surface area (Å²) < 4.78 is 1.71. The molecule has 0 N–H and O–H groups in total. The Morgan fingerprint density at radius 3 is 2.33 bits per heavy atom. The second-order valence-electron chi connectivity index (χ2n) is 6.98. The summed E-state index contributed by atoms with van der Waals surface area (Å²) >= 11 is 6.20. The quantitative estimate of drug-likeness (QED) is 0.588. The molecule has 3 amide bonds. The van der Waals surface area contributed by atoms with Crippen molar-refractivity contribution >= 4 is 35.0 Å². The van der Waals surface area contributed by atoms with Gasteiger partial charge in [0.15, 0.2) is 0 Å². The topological polar surface area (TPSA) is 75.5 Å². The van der Waals surface area contributed by atoms with Crippen molar-refractivity contribution in [1.29, 1.82) is 0 Å². The average molecular weight is 423 g/mol. The summed E-state index contributed by atoms with van der Waals surface area (Å²) in [5.74, 6) is -1.06. The molecule has 0 radical (unpaired) electrons. The van der Waals surface area contributed by atoms with Crippen molar-refractivity contribution in [2.45, 2.75) is 20.0 Å². The Morgan fingerprint density at radius 2 is 1.73 bits per heavy atom. The van der Waals surface area contributed by atoms with E-state index in [2.05, 4.69) is 5.10 Å². The SMILES string of the molecule is CCn1cc(Cl)c(CN(C)C(=O)c2cccc(N3C(=O)c4ccccc4C3=O)c2)n1. The fourth-order valence-corrected chi connectivity index (χ4v) is 3.63. The highest BCUT2D eigenvalue weighted by Crippen LogP contribution is 2.29. The number of aryl methyl sites for hydroxylation is 1. The molecule has 30 heavy (non-hydrogen) atoms. The van der Waals surface area contributed by atoms with Gasteiger partial charge in [0.05, 0.1) is 28.4 Å². The third kappa shape index (κ3) is 3.37. The number of aromatic nitrogens is 2. The lowest BCUT2D eigenvalue weighted by Gasteiger charge is -2.18. The van der Waals surface area contributed by atoms with Crippen LogP contribution in [0.1, 0.15) is 43.7 Å². The van der Waals surface area contributed by atoms with Gasteiger partial charge < -0.3 is 4.90 Å². The standard InChI is InChI=1S/C22H19ClN4O3/c1-3-26-12-18(23)19(24-26)13-25(2)20(28)14-7-6-8-15(11-14)27-21(29)16-9-4-5-10-17(16)22(27)30/h4-12H,3,13H2,1-2H3. The second kappa shape index (κ2) is 7.76. The zero-order chi connectivity index (χ0) is 21.4. The van der Waals surface area contributed by atoms with E-state index in [4.69, 9.17) is 11.6 Å². The molecule has 0 fully saturated rings. The van der Waals surface area contributed by atoms with Gasteiger partial charge in [0, 0.05) is 25.4 Å². The number of rotatable bonds is 5. The smallest absolute Gasteiger partial charge is 0.266 e. The van der Waals surface area contributed by atoms with Gasteiger partial charge in [-0.25, -0.2) is 4.90 Å². The first-order valence-electron chi connectivity index (χ1n) is 9.46. The highest BCUT2D eigenvalue weighted by atomic mass is 35.5. The van der Waals surface area contributed by atoms with Gasteiger partial charge in [0.2, 0.25) is 0 Å². The lowest BCUT2D eigenvalue weighted by molar-refractivity contribution is 0.0782. The first-order valence-corrected chi connectivity index (χ1v) is 9.83. The number of fused-ring (bicyclic) bond motifs is 1. The number of carbonyl (C=O) groups excluding carboxylic acids is 3. The lowest BCUT2D eigenvalue weighted by Crippen LogP contribution is -2.30. The van der Waals surface area contributed by atoms with Gasteiger partial charge >= 0.3 is 0 Å². The van der Waals surface area contributed by atoms with Gasteiger partial charge in [-0.1, -0.05) is 29.8 Å². The van der Waals surface area contributed by atoms with Crippen molar-refractivity contribution in [3.63, 3.8) is 0 Å². The first kappa shape index (κ1) is 19.8. The minimum atomic E-state index is -0.398. The maximum absolute atomic E-state index is 12.9. The van der Waals surface area contributed by atoms with Crippen LogP contribution >= 0.6 is 11.6 Å². The third-order valence-electron chi connectivity index (χ3n) is 4.99. The molecule has 8 heteroatoms. The fraction of sp³-hybridized carbons (Fsp3) is 0.182. The van der Waals surface area contributed by atoms with Crippen LogP contribution in [0.15, 0.2) is 54.7 Å². The van der Waals surface area contributed by atoms with E-state index in [1.807, 2.05) is 6.92 Å². The highest BCUT2D eigenvalue weighted by Gasteiger charge is 2.36. The van der Waals surface area contributed by atoms with E-state index in [9.17, 15) is 14.4 Å². The zero-order valence-electron chi connectivity index (χ0n) is 16.5. The number of amides is 3. The molecule has 1 aliphatic rings. The summed E-state index contributed by atoms with van der Waals surface area (Å²) in [6.07, 6.45) is 1.72. The summed E-state index contributed by atoms with van der Waals surface area (Å²) in [5.41, 5.74) is 2.03. The van der Waals surface area contributed by atoms with Crippen LogP contribution in [0.2, 0.25) is 5.02 Å². The van der Waals surface area contributed by atoms with Gasteiger partial charge in [-0.3, -0.25) is 19.1 Å². The van der Waals surface area contributed by atoms with E-state index in [1.165, 1.54) is 4.90 Å². The Bertz CT molecular complexity index is 1140. The molecule has 0 spiro atoms. The van der Waals surface area contributed by atoms with E-state index in [0.717, 1.165) is 4.90 Å². The van der Waals surface area contributed by atoms with Crippen LogP contribution in [0.3, 0.4) is 0 Å². The maximum atomic E-state index is 12.9. The van der Waals surface area contributed by atoms with Crippen molar-refractivity contribution in [2.75, 3.05) is 11.9 Å². The molecule has 2 heterocycles. The minimum Gasteiger partial charge on any atom is -0.336 e. The van der Waals surface area contributed by atoms with Crippen LogP contribution in [-0.4, -0.2) is 39.4 Å². The number of anilines is 1. The monoisotopic (exact) mass is 422 g/mol. The van der Waals surface area contributed by atoms with Crippen LogP contribution in [-0.2, 0) is 13.1 Å². The Labute approximate surface area is 178 Å². The molecule has 1 aromatic heterocycles. The average Bonchev–Trinajstić information content (AvgIpc) is 3.24. The maximum Gasteiger partial charge on any atom is 0.266 e. The second-order valence-corrected chi connectivity index (χ2v) is 7.39. The molecule has 7 nitrogen and oxygen atoms in total. The predicted molar refractivity (Wildman–Crippen MR) is 113 cm³/mol. The van der Waals surface area contributed by atoms with Gasteiger partial charge in [-0.2, -0.15) is 5.10 Å². The van der Waals surface area contributed by atoms with E-state index in [0.29, 0.717) is 39.6 Å². The number of carbonyl (C=O) groups is 3. The predicted octanol–water partition coefficient (Wildman–Crippen LogP) is 3.63. The first-order chi connectivity index (χ1) is 14.4.